The molecular formula is C18H24N2O8. The van der Waals surface area contributed by atoms with Gasteiger partial charge < -0.3 is 39.5 Å². The number of ether oxygens (including phenoxy) is 6. The third-order valence-electron chi connectivity index (χ3n) is 4.69. The summed E-state index contributed by atoms with van der Waals surface area (Å²) in [7, 11) is 4.45. The molecule has 4 atom stereocenters. The number of primary amides is 1. The lowest BCUT2D eigenvalue weighted by molar-refractivity contribution is -0.126. The lowest BCUT2D eigenvalue weighted by atomic mass is 10.1. The molecule has 1 aromatic carbocycles. The van der Waals surface area contributed by atoms with E-state index in [2.05, 4.69) is 5.32 Å². The molecule has 28 heavy (non-hydrogen) atoms. The summed E-state index contributed by atoms with van der Waals surface area (Å²) >= 11 is 0. The lowest BCUT2D eigenvalue weighted by Gasteiger charge is -2.19. The molecule has 2 saturated heterocycles. The van der Waals surface area contributed by atoms with Gasteiger partial charge in [0.15, 0.2) is 11.5 Å². The maximum absolute atomic E-state index is 12.8. The summed E-state index contributed by atoms with van der Waals surface area (Å²) < 4.78 is 32.7. The minimum absolute atomic E-state index is 0.205. The van der Waals surface area contributed by atoms with Crippen molar-refractivity contribution in [3.8, 4) is 17.2 Å². The van der Waals surface area contributed by atoms with Crippen LogP contribution in [-0.2, 0) is 19.0 Å². The zero-order valence-corrected chi connectivity index (χ0v) is 15.9. The van der Waals surface area contributed by atoms with Crippen LogP contribution in [0, 0.1) is 0 Å². The van der Waals surface area contributed by atoms with Crippen molar-refractivity contribution in [2.24, 2.45) is 5.73 Å². The molecule has 0 radical (unpaired) electrons. The van der Waals surface area contributed by atoms with E-state index in [9.17, 15) is 9.59 Å². The highest BCUT2D eigenvalue weighted by atomic mass is 16.6. The van der Waals surface area contributed by atoms with Crippen LogP contribution in [0.3, 0.4) is 0 Å². The molecule has 10 nitrogen and oxygen atoms in total. The Bertz CT molecular complexity index is 715. The molecule has 3 rings (SSSR count). The second-order valence-corrected chi connectivity index (χ2v) is 6.41. The summed E-state index contributed by atoms with van der Waals surface area (Å²) in [5.41, 5.74) is 5.45. The van der Waals surface area contributed by atoms with Gasteiger partial charge in [-0.05, 0) is 12.1 Å². The number of hydrogen-bond acceptors (Lipinski definition) is 8. The third-order valence-corrected chi connectivity index (χ3v) is 4.69. The van der Waals surface area contributed by atoms with E-state index in [1.54, 1.807) is 12.1 Å². The van der Waals surface area contributed by atoms with Gasteiger partial charge in [-0.1, -0.05) is 0 Å². The SMILES string of the molecule is COc1cc(C(=O)N[C@@H]2CO[C@@H]3[C@@H]2OC[C@H]3OCC(N)=O)cc(OC)c1OC. The molecular weight excluding hydrogens is 372 g/mol. The zero-order chi connectivity index (χ0) is 20.3. The summed E-state index contributed by atoms with van der Waals surface area (Å²) in [6, 6.07) is 2.77. The second-order valence-electron chi connectivity index (χ2n) is 6.41. The van der Waals surface area contributed by atoms with Gasteiger partial charge in [-0.15, -0.1) is 0 Å². The quantitative estimate of drug-likeness (QED) is 0.601. The van der Waals surface area contributed by atoms with Crippen molar-refractivity contribution in [3.05, 3.63) is 17.7 Å². The molecule has 2 aliphatic rings. The van der Waals surface area contributed by atoms with Crippen LogP contribution in [0.15, 0.2) is 12.1 Å². The van der Waals surface area contributed by atoms with Crippen molar-refractivity contribution in [1.29, 1.82) is 0 Å². The predicted octanol–water partition coefficient (Wildman–Crippen LogP) is -0.521. The molecule has 2 fully saturated rings. The highest BCUT2D eigenvalue weighted by Gasteiger charge is 2.49. The highest BCUT2D eigenvalue weighted by molar-refractivity contribution is 5.96. The first-order valence-electron chi connectivity index (χ1n) is 8.72. The molecule has 2 heterocycles. The number of benzene rings is 1. The van der Waals surface area contributed by atoms with Gasteiger partial charge in [0.05, 0.1) is 40.6 Å². The number of rotatable bonds is 8. The van der Waals surface area contributed by atoms with Crippen LogP contribution in [0.25, 0.3) is 0 Å². The molecule has 0 unspecified atom stereocenters. The molecule has 0 spiro atoms. The minimum Gasteiger partial charge on any atom is -0.493 e. The van der Waals surface area contributed by atoms with E-state index in [0.717, 1.165) is 0 Å². The minimum atomic E-state index is -0.561. The van der Waals surface area contributed by atoms with E-state index in [0.29, 0.717) is 22.8 Å². The maximum Gasteiger partial charge on any atom is 0.251 e. The van der Waals surface area contributed by atoms with Gasteiger partial charge in [-0.2, -0.15) is 0 Å². The Morgan fingerprint density at radius 3 is 2.29 bits per heavy atom. The number of methoxy groups -OCH3 is 3. The molecule has 10 heteroatoms. The lowest BCUT2D eigenvalue weighted by Crippen LogP contribution is -2.44. The molecule has 0 aromatic heterocycles. The van der Waals surface area contributed by atoms with Crippen molar-refractivity contribution in [3.63, 3.8) is 0 Å². The first kappa shape index (κ1) is 20.2. The fourth-order valence-electron chi connectivity index (χ4n) is 3.38. The van der Waals surface area contributed by atoms with Crippen molar-refractivity contribution < 1.29 is 38.0 Å². The first-order valence-corrected chi connectivity index (χ1v) is 8.72. The van der Waals surface area contributed by atoms with Gasteiger partial charge >= 0.3 is 0 Å². The van der Waals surface area contributed by atoms with Crippen LogP contribution < -0.4 is 25.3 Å². The topological polar surface area (TPSA) is 128 Å². The van der Waals surface area contributed by atoms with Crippen molar-refractivity contribution in [1.82, 2.24) is 5.32 Å². The van der Waals surface area contributed by atoms with E-state index >= 15 is 0 Å². The van der Waals surface area contributed by atoms with Gasteiger partial charge in [-0.25, -0.2) is 0 Å². The van der Waals surface area contributed by atoms with Crippen molar-refractivity contribution in [2.75, 3.05) is 41.2 Å². The standard InChI is InChI=1S/C18H24N2O8/c1-23-11-4-9(5-12(24-2)16(11)25-3)18(22)20-10-6-27-17-13(7-28-15(10)17)26-8-14(19)21/h4-5,10,13,15,17H,6-8H2,1-3H3,(H2,19,21)(H,20,22)/t10-,13-,15-,17+/m1/s1. The third kappa shape index (κ3) is 3.98. The molecule has 1 aromatic rings. The van der Waals surface area contributed by atoms with Gasteiger partial charge in [0.25, 0.3) is 5.91 Å². The predicted molar refractivity (Wildman–Crippen MR) is 95.8 cm³/mol. The summed E-state index contributed by atoms with van der Waals surface area (Å²) in [5, 5.41) is 2.90. The van der Waals surface area contributed by atoms with Gasteiger partial charge in [0, 0.05) is 5.56 Å². The van der Waals surface area contributed by atoms with Crippen LogP contribution in [0.2, 0.25) is 0 Å². The Kier molecular flexibility index (Phi) is 6.22. The number of fused-ring (bicyclic) bond motifs is 1. The zero-order valence-electron chi connectivity index (χ0n) is 15.9. The van der Waals surface area contributed by atoms with Crippen LogP contribution >= 0.6 is 0 Å². The van der Waals surface area contributed by atoms with Crippen LogP contribution in [0.1, 0.15) is 10.4 Å². The smallest absolute Gasteiger partial charge is 0.251 e. The van der Waals surface area contributed by atoms with Gasteiger partial charge in [0.1, 0.15) is 24.9 Å². The average Bonchev–Trinajstić information content (AvgIpc) is 3.27. The Labute approximate surface area is 162 Å². The number of hydrogen-bond donors (Lipinski definition) is 2. The fourth-order valence-corrected chi connectivity index (χ4v) is 3.38. The molecule has 0 bridgehead atoms. The molecule has 0 saturated carbocycles. The largest absolute Gasteiger partial charge is 0.493 e. The van der Waals surface area contributed by atoms with Crippen LogP contribution in [0.5, 0.6) is 17.2 Å². The Balaban J connectivity index is 1.68. The number of carbonyl (C=O) groups excluding carboxylic acids is 2. The Morgan fingerprint density at radius 2 is 1.71 bits per heavy atom. The molecule has 3 N–H and O–H groups in total. The number of carbonyl (C=O) groups is 2. The van der Waals surface area contributed by atoms with E-state index in [-0.39, 0.29) is 44.0 Å². The molecule has 2 amide bonds. The summed E-state index contributed by atoms with van der Waals surface area (Å²) in [6.07, 6.45) is -1.14. The molecule has 154 valence electrons. The van der Waals surface area contributed by atoms with E-state index in [1.807, 2.05) is 0 Å². The van der Waals surface area contributed by atoms with Crippen LogP contribution in [-0.4, -0.2) is 77.3 Å². The highest BCUT2D eigenvalue weighted by Crippen LogP contribution is 2.38. The van der Waals surface area contributed by atoms with E-state index < -0.39 is 12.0 Å². The van der Waals surface area contributed by atoms with E-state index in [4.69, 9.17) is 34.2 Å². The monoisotopic (exact) mass is 396 g/mol. The number of nitrogens with one attached hydrogen (secondary N) is 1. The Hall–Kier alpha value is -2.56. The second kappa shape index (κ2) is 8.63. The fraction of sp³-hybridized carbons (Fsp3) is 0.556. The van der Waals surface area contributed by atoms with Crippen molar-refractivity contribution in [2.45, 2.75) is 24.4 Å². The van der Waals surface area contributed by atoms with Gasteiger partial charge in [-0.3, -0.25) is 9.59 Å². The van der Waals surface area contributed by atoms with Crippen molar-refractivity contribution >= 4 is 11.8 Å². The van der Waals surface area contributed by atoms with Gasteiger partial charge in [0.2, 0.25) is 11.7 Å². The maximum atomic E-state index is 12.8. The summed E-state index contributed by atoms with van der Waals surface area (Å²) in [4.78, 5) is 23.6. The van der Waals surface area contributed by atoms with Crippen LogP contribution in [0.4, 0.5) is 0 Å². The Morgan fingerprint density at radius 1 is 1.07 bits per heavy atom. The molecule has 0 aliphatic carbocycles. The van der Waals surface area contributed by atoms with E-state index in [1.165, 1.54) is 21.3 Å². The number of amides is 2. The average molecular weight is 396 g/mol. The normalized spacial score (nSPS) is 25.8. The summed E-state index contributed by atoms with van der Waals surface area (Å²) in [5.74, 6) is 0.265. The summed E-state index contributed by atoms with van der Waals surface area (Å²) in [6.45, 7) is 0.324. The first-order chi connectivity index (χ1) is 13.5. The number of nitrogens with two attached hydrogens (primary N) is 1. The molecule has 2 aliphatic heterocycles.